The maximum atomic E-state index is 10.1. The lowest BCUT2D eigenvalue weighted by molar-refractivity contribution is 0.201. The minimum absolute atomic E-state index is 0.529. The van der Waals surface area contributed by atoms with E-state index in [1.165, 1.54) is 12.8 Å². The average molecular weight is 184 g/mol. The highest BCUT2D eigenvalue weighted by Gasteiger charge is 2.10. The minimum atomic E-state index is 0.529. The predicted octanol–water partition coefficient (Wildman–Crippen LogP) is 2.39. The molecule has 0 aromatic rings. The summed E-state index contributed by atoms with van der Waals surface area (Å²) in [5, 5.41) is 0. The van der Waals surface area contributed by atoms with Gasteiger partial charge in [0.05, 0.1) is 0 Å². The highest BCUT2D eigenvalue weighted by atomic mass is 16.1. The largest absolute Gasteiger partial charge is 0.301 e. The van der Waals surface area contributed by atoms with E-state index in [-0.39, 0.29) is 0 Å². The van der Waals surface area contributed by atoms with Gasteiger partial charge in [-0.05, 0) is 39.3 Å². The van der Waals surface area contributed by atoms with Crippen LogP contribution in [0, 0.1) is 0 Å². The Morgan fingerprint density at radius 3 is 2.15 bits per heavy atom. The van der Waals surface area contributed by atoms with Crippen molar-refractivity contribution in [2.75, 3.05) is 13.1 Å². The molecular weight excluding hydrogens is 162 g/mol. The summed E-state index contributed by atoms with van der Waals surface area (Å²) in [6, 6.07) is 0.529. The summed E-state index contributed by atoms with van der Waals surface area (Å²) in [5.41, 5.74) is 0. The zero-order valence-corrected chi connectivity index (χ0v) is 9.18. The van der Waals surface area contributed by atoms with Crippen molar-refractivity contribution in [3.8, 4) is 0 Å². The molecule has 1 radical (unpaired) electrons. The zero-order valence-electron chi connectivity index (χ0n) is 9.18. The van der Waals surface area contributed by atoms with Crippen LogP contribution in [0.2, 0.25) is 0 Å². The first-order valence-electron chi connectivity index (χ1n) is 5.35. The van der Waals surface area contributed by atoms with Crippen LogP contribution in [0.5, 0.6) is 0 Å². The molecule has 0 saturated heterocycles. The average Bonchev–Trinajstić information content (AvgIpc) is 2.14. The summed E-state index contributed by atoms with van der Waals surface area (Å²) in [5.74, 6) is 0. The molecular formula is C11H22NO. The molecule has 0 spiro atoms. The number of rotatable bonds is 8. The molecule has 0 aromatic carbocycles. The predicted molar refractivity (Wildman–Crippen MR) is 56.5 cm³/mol. The normalized spacial score (nSPS) is 13.2. The lowest BCUT2D eigenvalue weighted by atomic mass is 10.1. The maximum absolute atomic E-state index is 10.1. The van der Waals surface area contributed by atoms with Gasteiger partial charge in [-0.3, -0.25) is 4.79 Å². The molecule has 0 heterocycles. The summed E-state index contributed by atoms with van der Waals surface area (Å²) >= 11 is 0. The van der Waals surface area contributed by atoms with E-state index in [0.29, 0.717) is 12.5 Å². The van der Waals surface area contributed by atoms with Gasteiger partial charge in [0.1, 0.15) is 0 Å². The molecule has 0 aromatic heterocycles. The lowest BCUT2D eigenvalue weighted by Gasteiger charge is -2.27. The summed E-state index contributed by atoms with van der Waals surface area (Å²) in [6.45, 7) is 8.88. The van der Waals surface area contributed by atoms with Gasteiger partial charge < -0.3 is 4.90 Å². The van der Waals surface area contributed by atoms with Gasteiger partial charge in [-0.2, -0.15) is 0 Å². The molecule has 0 saturated carbocycles. The highest BCUT2D eigenvalue weighted by molar-refractivity contribution is 5.50. The van der Waals surface area contributed by atoms with E-state index in [1.807, 2.05) is 6.29 Å². The molecule has 1 unspecified atom stereocenters. The summed E-state index contributed by atoms with van der Waals surface area (Å²) in [6.07, 6.45) is 5.86. The Balaban J connectivity index is 3.78. The van der Waals surface area contributed by atoms with Crippen LogP contribution in [-0.4, -0.2) is 30.3 Å². The number of carbonyl (C=O) groups excluding carboxylic acids is 1. The Morgan fingerprint density at radius 2 is 1.77 bits per heavy atom. The van der Waals surface area contributed by atoms with Gasteiger partial charge in [0.2, 0.25) is 0 Å². The monoisotopic (exact) mass is 184 g/mol. The van der Waals surface area contributed by atoms with Gasteiger partial charge in [0.25, 0.3) is 0 Å². The summed E-state index contributed by atoms with van der Waals surface area (Å²) in [4.78, 5) is 12.6. The van der Waals surface area contributed by atoms with Crippen molar-refractivity contribution in [3.05, 3.63) is 0 Å². The second kappa shape index (κ2) is 8.24. The quantitative estimate of drug-likeness (QED) is 0.577. The maximum Gasteiger partial charge on any atom is 0.198 e. The fourth-order valence-corrected chi connectivity index (χ4v) is 1.58. The van der Waals surface area contributed by atoms with Gasteiger partial charge in [0, 0.05) is 12.5 Å². The molecule has 13 heavy (non-hydrogen) atoms. The third-order valence-electron chi connectivity index (χ3n) is 2.31. The number of hydrogen-bond acceptors (Lipinski definition) is 2. The van der Waals surface area contributed by atoms with E-state index in [2.05, 4.69) is 25.7 Å². The Morgan fingerprint density at radius 1 is 1.23 bits per heavy atom. The van der Waals surface area contributed by atoms with Crippen LogP contribution in [0.3, 0.4) is 0 Å². The van der Waals surface area contributed by atoms with E-state index in [0.717, 1.165) is 19.5 Å². The van der Waals surface area contributed by atoms with E-state index in [4.69, 9.17) is 0 Å². The molecule has 0 fully saturated rings. The Hall–Kier alpha value is -0.370. The molecule has 0 aliphatic carbocycles. The molecule has 2 nitrogen and oxygen atoms in total. The van der Waals surface area contributed by atoms with Crippen LogP contribution in [-0.2, 0) is 4.79 Å². The van der Waals surface area contributed by atoms with Crippen molar-refractivity contribution in [2.24, 2.45) is 0 Å². The molecule has 2 heteroatoms. The Kier molecular flexibility index (Phi) is 8.00. The van der Waals surface area contributed by atoms with E-state index >= 15 is 0 Å². The molecule has 0 bridgehead atoms. The summed E-state index contributed by atoms with van der Waals surface area (Å²) < 4.78 is 0. The van der Waals surface area contributed by atoms with Crippen molar-refractivity contribution in [2.45, 2.75) is 52.5 Å². The van der Waals surface area contributed by atoms with Gasteiger partial charge >= 0.3 is 0 Å². The van der Waals surface area contributed by atoms with Crippen LogP contribution in [0.1, 0.15) is 46.5 Å². The molecule has 0 aliphatic rings. The van der Waals surface area contributed by atoms with Crippen LogP contribution in [0.4, 0.5) is 0 Å². The Labute approximate surface area is 82.3 Å². The first kappa shape index (κ1) is 12.6. The van der Waals surface area contributed by atoms with Crippen molar-refractivity contribution in [1.82, 2.24) is 4.90 Å². The van der Waals surface area contributed by atoms with Crippen LogP contribution in [0.25, 0.3) is 0 Å². The SMILES string of the molecule is CCCN(CCC)C(C)CC[C]=O. The minimum Gasteiger partial charge on any atom is -0.301 e. The van der Waals surface area contributed by atoms with Gasteiger partial charge in [-0.15, -0.1) is 0 Å². The van der Waals surface area contributed by atoms with E-state index in [9.17, 15) is 4.79 Å². The molecule has 0 rings (SSSR count). The first-order valence-corrected chi connectivity index (χ1v) is 5.35. The van der Waals surface area contributed by atoms with Crippen LogP contribution in [0.15, 0.2) is 0 Å². The third kappa shape index (κ3) is 5.81. The lowest BCUT2D eigenvalue weighted by Crippen LogP contribution is -2.34. The first-order chi connectivity index (χ1) is 6.26. The fourth-order valence-electron chi connectivity index (χ4n) is 1.58. The zero-order chi connectivity index (χ0) is 10.1. The van der Waals surface area contributed by atoms with Crippen molar-refractivity contribution in [3.63, 3.8) is 0 Å². The third-order valence-corrected chi connectivity index (χ3v) is 2.31. The highest BCUT2D eigenvalue weighted by Crippen LogP contribution is 2.07. The smallest absolute Gasteiger partial charge is 0.198 e. The fraction of sp³-hybridized carbons (Fsp3) is 0.909. The topological polar surface area (TPSA) is 20.3 Å². The van der Waals surface area contributed by atoms with E-state index in [1.54, 1.807) is 0 Å². The van der Waals surface area contributed by atoms with Crippen LogP contribution >= 0.6 is 0 Å². The molecule has 77 valence electrons. The molecule has 0 N–H and O–H groups in total. The number of hydrogen-bond donors (Lipinski definition) is 0. The van der Waals surface area contributed by atoms with Gasteiger partial charge in [-0.1, -0.05) is 13.8 Å². The van der Waals surface area contributed by atoms with Crippen molar-refractivity contribution < 1.29 is 4.79 Å². The molecule has 1 atom stereocenters. The molecule has 0 aliphatic heterocycles. The van der Waals surface area contributed by atoms with E-state index < -0.39 is 0 Å². The van der Waals surface area contributed by atoms with Crippen molar-refractivity contribution in [1.29, 1.82) is 0 Å². The van der Waals surface area contributed by atoms with Gasteiger partial charge in [-0.25, -0.2) is 0 Å². The number of nitrogens with zero attached hydrogens (tertiary/aromatic N) is 1. The second-order valence-electron chi connectivity index (χ2n) is 3.57. The Bertz CT molecular complexity index is 119. The molecule has 0 amide bonds. The standard InChI is InChI=1S/C11H22NO/c1-4-8-12(9-5-2)11(3)7-6-10-13/h11H,4-9H2,1-3H3. The second-order valence-corrected chi connectivity index (χ2v) is 3.57. The van der Waals surface area contributed by atoms with Gasteiger partial charge in [0.15, 0.2) is 6.29 Å². The van der Waals surface area contributed by atoms with Crippen LogP contribution < -0.4 is 0 Å². The van der Waals surface area contributed by atoms with Crippen molar-refractivity contribution >= 4 is 6.29 Å². The summed E-state index contributed by atoms with van der Waals surface area (Å²) in [7, 11) is 0.